The number of nitrogens with one attached hydrogen (secondary N) is 2. The van der Waals surface area contributed by atoms with Crippen LogP contribution in [0.2, 0.25) is 0 Å². The van der Waals surface area contributed by atoms with Crippen LogP contribution < -0.4 is 10.6 Å². The number of amides is 1. The Bertz CT molecular complexity index is 503. The van der Waals surface area contributed by atoms with Crippen LogP contribution in [-0.4, -0.2) is 62.1 Å². The molecule has 2 atom stereocenters. The van der Waals surface area contributed by atoms with Crippen molar-refractivity contribution in [3.8, 4) is 0 Å². The zero-order chi connectivity index (χ0) is 18.9. The Morgan fingerprint density at radius 1 is 1.23 bits per heavy atom. The molecule has 0 bridgehead atoms. The summed E-state index contributed by atoms with van der Waals surface area (Å²) in [4.78, 5) is 30.7. The van der Waals surface area contributed by atoms with Gasteiger partial charge in [0.15, 0.2) is 5.96 Å². The second-order valence-electron chi connectivity index (χ2n) is 7.39. The van der Waals surface area contributed by atoms with E-state index in [-0.39, 0.29) is 23.8 Å². The molecule has 2 rings (SSSR count). The Hall–Kier alpha value is -1.79. The van der Waals surface area contributed by atoms with E-state index >= 15 is 0 Å². The van der Waals surface area contributed by atoms with E-state index in [0.29, 0.717) is 18.4 Å². The molecule has 2 fully saturated rings. The third-order valence-corrected chi connectivity index (χ3v) is 5.27. The standard InChI is InChI=1S/C19H34N4O3/c1-4-20-19(21-12-14(2)18(25)26-3)22-16-10-11-23(13-16)17(24)15-8-6-5-7-9-15/h14-16H,4-13H2,1-3H3,(H2,20,21,22). The number of rotatable bonds is 6. The molecular weight excluding hydrogens is 332 g/mol. The molecule has 2 N–H and O–H groups in total. The molecule has 1 aliphatic heterocycles. The first kappa shape index (κ1) is 20.5. The van der Waals surface area contributed by atoms with Crippen molar-refractivity contribution in [2.45, 2.75) is 58.4 Å². The van der Waals surface area contributed by atoms with Crippen LogP contribution in [0.3, 0.4) is 0 Å². The molecule has 2 aliphatic rings. The smallest absolute Gasteiger partial charge is 0.310 e. The van der Waals surface area contributed by atoms with E-state index < -0.39 is 0 Å². The van der Waals surface area contributed by atoms with Crippen LogP contribution in [0.25, 0.3) is 0 Å². The fourth-order valence-electron chi connectivity index (χ4n) is 3.70. The molecule has 7 heteroatoms. The van der Waals surface area contributed by atoms with Gasteiger partial charge >= 0.3 is 5.97 Å². The number of esters is 1. The lowest BCUT2D eigenvalue weighted by atomic mass is 9.88. The summed E-state index contributed by atoms with van der Waals surface area (Å²) >= 11 is 0. The van der Waals surface area contributed by atoms with E-state index in [4.69, 9.17) is 4.74 Å². The fraction of sp³-hybridized carbons (Fsp3) is 0.842. The van der Waals surface area contributed by atoms with Crippen LogP contribution in [-0.2, 0) is 14.3 Å². The van der Waals surface area contributed by atoms with Gasteiger partial charge in [0.05, 0.1) is 19.6 Å². The maximum absolute atomic E-state index is 12.7. The van der Waals surface area contributed by atoms with Crippen molar-refractivity contribution in [3.05, 3.63) is 0 Å². The first-order valence-corrected chi connectivity index (χ1v) is 9.96. The largest absolute Gasteiger partial charge is 0.469 e. The number of methoxy groups -OCH3 is 1. The summed E-state index contributed by atoms with van der Waals surface area (Å²) in [6.45, 7) is 6.47. The zero-order valence-corrected chi connectivity index (χ0v) is 16.4. The molecule has 1 heterocycles. The minimum Gasteiger partial charge on any atom is -0.469 e. The summed E-state index contributed by atoms with van der Waals surface area (Å²) in [5.74, 6) is 0.721. The monoisotopic (exact) mass is 366 g/mol. The molecule has 26 heavy (non-hydrogen) atoms. The molecule has 0 aromatic heterocycles. The maximum atomic E-state index is 12.7. The number of aliphatic imine (C=N–C) groups is 1. The van der Waals surface area contributed by atoms with E-state index in [1.807, 2.05) is 11.8 Å². The van der Waals surface area contributed by atoms with Gasteiger partial charge in [-0.25, -0.2) is 0 Å². The van der Waals surface area contributed by atoms with Crippen LogP contribution in [0.5, 0.6) is 0 Å². The fourth-order valence-corrected chi connectivity index (χ4v) is 3.70. The van der Waals surface area contributed by atoms with Crippen LogP contribution in [0, 0.1) is 11.8 Å². The molecule has 0 aromatic carbocycles. The average Bonchev–Trinajstić information content (AvgIpc) is 3.13. The highest BCUT2D eigenvalue weighted by molar-refractivity contribution is 5.82. The SMILES string of the molecule is CCNC(=NCC(C)C(=O)OC)NC1CCN(C(=O)C2CCCCC2)C1. The topological polar surface area (TPSA) is 83.0 Å². The summed E-state index contributed by atoms with van der Waals surface area (Å²) < 4.78 is 4.74. The molecule has 1 saturated carbocycles. The lowest BCUT2D eigenvalue weighted by Crippen LogP contribution is -2.45. The summed E-state index contributed by atoms with van der Waals surface area (Å²) in [6, 6.07) is 0.203. The van der Waals surface area contributed by atoms with Gasteiger partial charge in [0, 0.05) is 31.6 Å². The number of nitrogens with zero attached hydrogens (tertiary/aromatic N) is 2. The molecular formula is C19H34N4O3. The molecule has 2 unspecified atom stereocenters. The van der Waals surface area contributed by atoms with Gasteiger partial charge in [0.2, 0.25) is 5.91 Å². The first-order chi connectivity index (χ1) is 12.5. The summed E-state index contributed by atoms with van der Waals surface area (Å²) in [6.07, 6.45) is 6.64. The predicted octanol–water partition coefficient (Wildman–Crippen LogP) is 1.53. The molecule has 0 radical (unpaired) electrons. The lowest BCUT2D eigenvalue weighted by molar-refractivity contribution is -0.144. The van der Waals surface area contributed by atoms with E-state index in [2.05, 4.69) is 15.6 Å². The van der Waals surface area contributed by atoms with Crippen molar-refractivity contribution in [2.75, 3.05) is 33.3 Å². The Balaban J connectivity index is 1.85. The molecule has 148 valence electrons. The minimum atomic E-state index is -0.275. The normalized spacial score (nSPS) is 22.8. The summed E-state index contributed by atoms with van der Waals surface area (Å²) in [5.41, 5.74) is 0. The van der Waals surface area contributed by atoms with Gasteiger partial charge in [-0.05, 0) is 26.2 Å². The van der Waals surface area contributed by atoms with E-state index in [0.717, 1.165) is 38.9 Å². The third-order valence-electron chi connectivity index (χ3n) is 5.27. The molecule has 7 nitrogen and oxygen atoms in total. The first-order valence-electron chi connectivity index (χ1n) is 9.96. The molecule has 1 aliphatic carbocycles. The summed E-state index contributed by atoms with van der Waals surface area (Å²) in [7, 11) is 1.39. The van der Waals surface area contributed by atoms with Gasteiger partial charge in [-0.1, -0.05) is 26.2 Å². The van der Waals surface area contributed by atoms with Crippen LogP contribution >= 0.6 is 0 Å². The Morgan fingerprint density at radius 2 is 1.96 bits per heavy atom. The molecule has 0 spiro atoms. The number of carbonyl (C=O) groups is 2. The van der Waals surface area contributed by atoms with E-state index in [1.54, 1.807) is 6.92 Å². The highest BCUT2D eigenvalue weighted by Gasteiger charge is 2.31. The van der Waals surface area contributed by atoms with Crippen molar-refractivity contribution >= 4 is 17.8 Å². The van der Waals surface area contributed by atoms with Crippen molar-refractivity contribution in [1.82, 2.24) is 15.5 Å². The van der Waals surface area contributed by atoms with Crippen molar-refractivity contribution in [3.63, 3.8) is 0 Å². The minimum absolute atomic E-state index is 0.203. The molecule has 0 aromatic rings. The van der Waals surface area contributed by atoms with Crippen LogP contribution in [0.1, 0.15) is 52.4 Å². The van der Waals surface area contributed by atoms with Gasteiger partial charge in [0.25, 0.3) is 0 Å². The van der Waals surface area contributed by atoms with Crippen molar-refractivity contribution < 1.29 is 14.3 Å². The third kappa shape index (κ3) is 5.88. The number of ether oxygens (including phenoxy) is 1. The lowest BCUT2D eigenvalue weighted by Gasteiger charge is -2.26. The van der Waals surface area contributed by atoms with Crippen LogP contribution in [0.4, 0.5) is 0 Å². The van der Waals surface area contributed by atoms with Gasteiger partial charge in [-0.3, -0.25) is 14.6 Å². The van der Waals surface area contributed by atoms with Crippen molar-refractivity contribution in [1.29, 1.82) is 0 Å². The Kier molecular flexibility index (Phi) is 8.19. The van der Waals surface area contributed by atoms with Gasteiger partial charge < -0.3 is 20.3 Å². The molecule has 1 saturated heterocycles. The summed E-state index contributed by atoms with van der Waals surface area (Å²) in [5, 5.41) is 6.62. The number of guanidine groups is 1. The number of hydrogen-bond donors (Lipinski definition) is 2. The van der Waals surface area contributed by atoms with E-state index in [9.17, 15) is 9.59 Å². The Labute approximate surface area is 156 Å². The number of hydrogen-bond acceptors (Lipinski definition) is 4. The average molecular weight is 367 g/mol. The quantitative estimate of drug-likeness (QED) is 0.423. The van der Waals surface area contributed by atoms with Gasteiger partial charge in [-0.2, -0.15) is 0 Å². The molecule has 1 amide bonds. The second-order valence-corrected chi connectivity index (χ2v) is 7.39. The van der Waals surface area contributed by atoms with Crippen LogP contribution in [0.15, 0.2) is 4.99 Å². The van der Waals surface area contributed by atoms with E-state index in [1.165, 1.54) is 26.4 Å². The maximum Gasteiger partial charge on any atom is 0.310 e. The number of likely N-dealkylation sites (tertiary alicyclic amines) is 1. The zero-order valence-electron chi connectivity index (χ0n) is 16.4. The second kappa shape index (κ2) is 10.4. The van der Waals surface area contributed by atoms with Gasteiger partial charge in [-0.15, -0.1) is 0 Å². The highest BCUT2D eigenvalue weighted by Crippen LogP contribution is 2.26. The predicted molar refractivity (Wildman–Crippen MR) is 102 cm³/mol. The highest BCUT2D eigenvalue weighted by atomic mass is 16.5. The number of carbonyl (C=O) groups excluding carboxylic acids is 2. The Morgan fingerprint density at radius 3 is 2.62 bits per heavy atom. The van der Waals surface area contributed by atoms with Gasteiger partial charge in [0.1, 0.15) is 0 Å². The van der Waals surface area contributed by atoms with Crippen molar-refractivity contribution in [2.24, 2.45) is 16.8 Å².